The van der Waals surface area contributed by atoms with Crippen LogP contribution in [0.3, 0.4) is 0 Å². The van der Waals surface area contributed by atoms with E-state index in [4.69, 9.17) is 4.99 Å². The minimum atomic E-state index is 0.218. The molecule has 5 heteroatoms. The Kier molecular flexibility index (Phi) is 3.33. The van der Waals surface area contributed by atoms with Crippen LogP contribution in [-0.4, -0.2) is 26.2 Å². The molecule has 104 valence electrons. The summed E-state index contributed by atoms with van der Waals surface area (Å²) in [4.78, 5) is 4.99. The first-order chi connectivity index (χ1) is 9.06. The highest BCUT2D eigenvalue weighted by molar-refractivity contribution is 8.14. The summed E-state index contributed by atoms with van der Waals surface area (Å²) in [6, 6.07) is 0. The number of thioether (sulfide) groups is 1. The maximum Gasteiger partial charge on any atom is 0.161 e. The number of anilines is 1. The number of aryl methyl sites for hydroxylation is 2. The molecule has 1 spiro atoms. The van der Waals surface area contributed by atoms with Gasteiger partial charge in [0, 0.05) is 19.0 Å². The molecule has 0 bridgehead atoms. The predicted octanol–water partition coefficient (Wildman–Crippen LogP) is 3.19. The molecule has 1 fully saturated rings. The lowest BCUT2D eigenvalue weighted by Crippen LogP contribution is -2.32. The Morgan fingerprint density at radius 2 is 2.16 bits per heavy atom. The van der Waals surface area contributed by atoms with E-state index in [1.807, 2.05) is 36.6 Å². The second-order valence-electron chi connectivity index (χ2n) is 6.04. The van der Waals surface area contributed by atoms with E-state index in [9.17, 15) is 0 Å². The molecule has 1 N–H and O–H groups in total. The first-order valence-corrected chi connectivity index (χ1v) is 8.05. The maximum atomic E-state index is 4.99. The van der Waals surface area contributed by atoms with Crippen LogP contribution in [0, 0.1) is 12.8 Å². The summed E-state index contributed by atoms with van der Waals surface area (Å²) in [5.74, 6) is 2.02. The molecule has 1 aliphatic heterocycles. The number of hydrogen-bond acceptors (Lipinski definition) is 4. The van der Waals surface area contributed by atoms with Gasteiger partial charge in [-0.15, -0.1) is 0 Å². The summed E-state index contributed by atoms with van der Waals surface area (Å²) >= 11 is 1.86. The number of aromatic nitrogens is 2. The van der Waals surface area contributed by atoms with Crippen LogP contribution in [0.1, 0.15) is 38.3 Å². The third-order valence-electron chi connectivity index (χ3n) is 4.28. The molecule has 2 aliphatic rings. The molecule has 1 saturated carbocycles. The smallest absolute Gasteiger partial charge is 0.161 e. The molecule has 1 aliphatic carbocycles. The van der Waals surface area contributed by atoms with Crippen molar-refractivity contribution in [3.63, 3.8) is 0 Å². The highest BCUT2D eigenvalue weighted by atomic mass is 32.2. The van der Waals surface area contributed by atoms with Gasteiger partial charge in [-0.1, -0.05) is 18.7 Å². The van der Waals surface area contributed by atoms with Gasteiger partial charge in [0.15, 0.2) is 5.17 Å². The molecule has 0 atom stereocenters. The van der Waals surface area contributed by atoms with Crippen LogP contribution in [-0.2, 0) is 7.05 Å². The van der Waals surface area contributed by atoms with E-state index in [2.05, 4.69) is 17.3 Å². The van der Waals surface area contributed by atoms with Crippen molar-refractivity contribution in [1.29, 1.82) is 0 Å². The van der Waals surface area contributed by atoms with E-state index in [0.29, 0.717) is 0 Å². The average Bonchev–Trinajstić information content (AvgIpc) is 2.89. The summed E-state index contributed by atoms with van der Waals surface area (Å²) in [7, 11) is 1.95. The van der Waals surface area contributed by atoms with E-state index in [-0.39, 0.29) is 5.54 Å². The minimum absolute atomic E-state index is 0.218. The zero-order valence-electron chi connectivity index (χ0n) is 11.9. The lowest BCUT2D eigenvalue weighted by molar-refractivity contribution is 0.273. The van der Waals surface area contributed by atoms with E-state index in [0.717, 1.165) is 28.2 Å². The molecule has 0 radical (unpaired) electrons. The molecular weight excluding hydrogens is 256 g/mol. The maximum absolute atomic E-state index is 4.99. The van der Waals surface area contributed by atoms with Crippen molar-refractivity contribution in [2.75, 3.05) is 11.1 Å². The van der Waals surface area contributed by atoms with Crippen LogP contribution < -0.4 is 5.32 Å². The number of nitrogens with one attached hydrogen (secondary N) is 1. The largest absolute Gasteiger partial charge is 0.332 e. The van der Waals surface area contributed by atoms with Gasteiger partial charge in [-0.25, -0.2) is 0 Å². The van der Waals surface area contributed by atoms with Crippen LogP contribution in [0.25, 0.3) is 0 Å². The lowest BCUT2D eigenvalue weighted by Gasteiger charge is -2.32. The van der Waals surface area contributed by atoms with Crippen molar-refractivity contribution >= 4 is 22.6 Å². The van der Waals surface area contributed by atoms with Crippen LogP contribution in [0.15, 0.2) is 11.2 Å². The molecule has 2 heterocycles. The minimum Gasteiger partial charge on any atom is -0.332 e. The summed E-state index contributed by atoms with van der Waals surface area (Å²) in [6.45, 7) is 4.39. The zero-order valence-corrected chi connectivity index (χ0v) is 12.8. The van der Waals surface area contributed by atoms with Gasteiger partial charge in [-0.05, 0) is 38.5 Å². The van der Waals surface area contributed by atoms with Crippen molar-refractivity contribution in [3.05, 3.63) is 11.9 Å². The van der Waals surface area contributed by atoms with E-state index in [1.54, 1.807) is 0 Å². The fourth-order valence-electron chi connectivity index (χ4n) is 2.94. The van der Waals surface area contributed by atoms with Crippen LogP contribution in [0.4, 0.5) is 5.69 Å². The monoisotopic (exact) mass is 278 g/mol. The second kappa shape index (κ2) is 4.85. The highest BCUT2D eigenvalue weighted by Crippen LogP contribution is 2.41. The normalized spacial score (nSPS) is 30.7. The van der Waals surface area contributed by atoms with Gasteiger partial charge in [0.25, 0.3) is 0 Å². The Morgan fingerprint density at radius 3 is 2.79 bits per heavy atom. The van der Waals surface area contributed by atoms with Gasteiger partial charge in [0.2, 0.25) is 0 Å². The van der Waals surface area contributed by atoms with Gasteiger partial charge in [0.1, 0.15) is 0 Å². The molecule has 1 aromatic heterocycles. The van der Waals surface area contributed by atoms with E-state index >= 15 is 0 Å². The Morgan fingerprint density at radius 1 is 1.42 bits per heavy atom. The number of rotatable bonds is 1. The molecule has 0 amide bonds. The average molecular weight is 278 g/mol. The van der Waals surface area contributed by atoms with E-state index in [1.165, 1.54) is 25.7 Å². The van der Waals surface area contributed by atoms with Crippen molar-refractivity contribution in [1.82, 2.24) is 9.78 Å². The molecular formula is C14H22N4S. The Labute approximate surface area is 119 Å². The molecule has 1 aromatic rings. The number of hydrogen-bond donors (Lipinski definition) is 1. The second-order valence-corrected chi connectivity index (χ2v) is 7.00. The zero-order chi connectivity index (χ0) is 13.5. The van der Waals surface area contributed by atoms with Crippen molar-refractivity contribution in [2.24, 2.45) is 18.0 Å². The van der Waals surface area contributed by atoms with Crippen LogP contribution in [0.2, 0.25) is 0 Å². The third kappa shape index (κ3) is 2.66. The first kappa shape index (κ1) is 13.0. The summed E-state index contributed by atoms with van der Waals surface area (Å²) in [5.41, 5.74) is 2.33. The van der Waals surface area contributed by atoms with Gasteiger partial charge >= 0.3 is 0 Å². The molecule has 0 saturated heterocycles. The SMILES string of the molecule is Cc1nn(C)cc1NC1=NC2(CCC(C)CC2)CS1. The molecule has 3 rings (SSSR count). The van der Waals surface area contributed by atoms with Crippen molar-refractivity contribution in [2.45, 2.75) is 45.1 Å². The highest BCUT2D eigenvalue weighted by Gasteiger charge is 2.38. The van der Waals surface area contributed by atoms with Crippen molar-refractivity contribution < 1.29 is 0 Å². The number of amidine groups is 1. The Balaban J connectivity index is 1.71. The molecule has 19 heavy (non-hydrogen) atoms. The van der Waals surface area contributed by atoms with E-state index < -0.39 is 0 Å². The number of nitrogens with zero attached hydrogens (tertiary/aromatic N) is 3. The standard InChI is InChI=1S/C14H22N4S/c1-10-4-6-14(7-5-10)9-19-13(16-14)15-12-8-18(3)17-11(12)2/h8,10H,4-7,9H2,1-3H3,(H,15,16). The fourth-order valence-corrected chi connectivity index (χ4v) is 4.14. The summed E-state index contributed by atoms with van der Waals surface area (Å²) < 4.78 is 1.84. The number of aliphatic imine (C=N–C) groups is 1. The van der Waals surface area contributed by atoms with Gasteiger partial charge in [-0.3, -0.25) is 9.67 Å². The summed E-state index contributed by atoms with van der Waals surface area (Å²) in [5, 5.41) is 8.87. The topological polar surface area (TPSA) is 42.2 Å². The van der Waals surface area contributed by atoms with Crippen molar-refractivity contribution in [3.8, 4) is 0 Å². The fraction of sp³-hybridized carbons (Fsp3) is 0.714. The molecule has 4 nitrogen and oxygen atoms in total. The quantitative estimate of drug-likeness (QED) is 0.858. The Hall–Kier alpha value is -0.970. The van der Waals surface area contributed by atoms with Gasteiger partial charge in [0.05, 0.1) is 16.9 Å². The third-order valence-corrected chi connectivity index (χ3v) is 5.42. The van der Waals surface area contributed by atoms with Crippen LogP contribution >= 0.6 is 11.8 Å². The van der Waals surface area contributed by atoms with Gasteiger partial charge < -0.3 is 5.32 Å². The van der Waals surface area contributed by atoms with Crippen LogP contribution in [0.5, 0.6) is 0 Å². The van der Waals surface area contributed by atoms with Gasteiger partial charge in [-0.2, -0.15) is 5.10 Å². The summed E-state index contributed by atoms with van der Waals surface area (Å²) in [6.07, 6.45) is 7.16. The Bertz CT molecular complexity index is 498. The molecule has 0 unspecified atom stereocenters. The lowest BCUT2D eigenvalue weighted by atomic mass is 9.79. The predicted molar refractivity (Wildman–Crippen MR) is 81.8 cm³/mol. The molecule has 0 aromatic carbocycles. The first-order valence-electron chi connectivity index (χ1n) is 7.06.